The number of hydrogen-bond donors (Lipinski definition) is 2. The lowest BCUT2D eigenvalue weighted by molar-refractivity contribution is -0.0499. The summed E-state index contributed by atoms with van der Waals surface area (Å²) in [6.45, 7) is -2.21. The zero-order valence-corrected chi connectivity index (χ0v) is 16.6. The van der Waals surface area contributed by atoms with Crippen molar-refractivity contribution in [3.05, 3.63) is 48.4 Å². The molecular formula is C20H20F2N6O3. The number of anilines is 2. The summed E-state index contributed by atoms with van der Waals surface area (Å²) in [5.74, 6) is 1.06. The molecule has 0 bridgehead atoms. The van der Waals surface area contributed by atoms with Crippen LogP contribution in [0.25, 0.3) is 0 Å². The molecule has 11 heteroatoms. The van der Waals surface area contributed by atoms with Crippen LogP contribution >= 0.6 is 0 Å². The molecule has 0 aliphatic heterocycles. The molecule has 0 atom stereocenters. The van der Waals surface area contributed by atoms with Crippen LogP contribution in [0, 0.1) is 5.92 Å². The van der Waals surface area contributed by atoms with Crippen LogP contribution in [0.1, 0.15) is 23.2 Å². The molecule has 0 radical (unpaired) electrons. The molecule has 0 unspecified atom stereocenters. The van der Waals surface area contributed by atoms with E-state index in [-0.39, 0.29) is 22.9 Å². The Bertz CT molecular complexity index is 1050. The van der Waals surface area contributed by atoms with Crippen LogP contribution in [0.15, 0.2) is 42.9 Å². The van der Waals surface area contributed by atoms with E-state index in [1.165, 1.54) is 48.1 Å². The minimum absolute atomic E-state index is 0.0504. The van der Waals surface area contributed by atoms with Crippen molar-refractivity contribution in [1.29, 1.82) is 0 Å². The van der Waals surface area contributed by atoms with E-state index in [1.54, 1.807) is 19.3 Å². The Kier molecular flexibility index (Phi) is 5.92. The lowest BCUT2D eigenvalue weighted by Gasteiger charge is -2.11. The van der Waals surface area contributed by atoms with E-state index in [4.69, 9.17) is 4.74 Å². The molecule has 162 valence electrons. The van der Waals surface area contributed by atoms with E-state index >= 15 is 0 Å². The minimum atomic E-state index is -3.06. The van der Waals surface area contributed by atoms with Gasteiger partial charge in [0.1, 0.15) is 17.3 Å². The fraction of sp³-hybridized carbons (Fsp3) is 0.300. The van der Waals surface area contributed by atoms with Crippen LogP contribution < -0.4 is 20.1 Å². The van der Waals surface area contributed by atoms with E-state index in [2.05, 4.69) is 30.4 Å². The number of carbonyl (C=O) groups excluding carboxylic acids is 1. The highest BCUT2D eigenvalue weighted by molar-refractivity contribution is 6.04. The molecule has 1 amide bonds. The van der Waals surface area contributed by atoms with E-state index in [0.29, 0.717) is 17.6 Å². The third-order valence-corrected chi connectivity index (χ3v) is 4.44. The molecular weight excluding hydrogens is 410 g/mol. The molecule has 2 aromatic heterocycles. The van der Waals surface area contributed by atoms with Gasteiger partial charge in [-0.2, -0.15) is 13.9 Å². The van der Waals surface area contributed by atoms with Gasteiger partial charge in [0.15, 0.2) is 5.82 Å². The molecule has 4 rings (SSSR count). The number of ether oxygens (including phenoxy) is 2. The van der Waals surface area contributed by atoms with Crippen LogP contribution in [-0.4, -0.2) is 38.8 Å². The second-order valence-electron chi connectivity index (χ2n) is 7.07. The summed E-state index contributed by atoms with van der Waals surface area (Å²) in [5, 5.41) is 9.82. The predicted molar refractivity (Wildman–Crippen MR) is 108 cm³/mol. The van der Waals surface area contributed by atoms with Gasteiger partial charge in [-0.15, -0.1) is 0 Å². The van der Waals surface area contributed by atoms with Gasteiger partial charge in [-0.25, -0.2) is 9.97 Å². The summed E-state index contributed by atoms with van der Waals surface area (Å²) in [6, 6.07) is 5.42. The number of amides is 1. The molecule has 1 fully saturated rings. The Labute approximate surface area is 176 Å². The molecule has 9 nitrogen and oxygen atoms in total. The molecule has 1 aromatic carbocycles. The van der Waals surface area contributed by atoms with Crippen molar-refractivity contribution < 1.29 is 23.0 Å². The highest BCUT2D eigenvalue weighted by Crippen LogP contribution is 2.30. The fourth-order valence-corrected chi connectivity index (χ4v) is 2.75. The maximum Gasteiger partial charge on any atom is 0.387 e. The number of halogens is 2. The summed E-state index contributed by atoms with van der Waals surface area (Å²) in [7, 11) is 1.70. The highest BCUT2D eigenvalue weighted by Gasteiger charge is 2.20. The van der Waals surface area contributed by atoms with E-state index in [1.807, 2.05) is 0 Å². The summed E-state index contributed by atoms with van der Waals surface area (Å²) >= 11 is 0. The average Bonchev–Trinajstić information content (AvgIpc) is 3.47. The largest absolute Gasteiger partial charge is 0.437 e. The van der Waals surface area contributed by atoms with Gasteiger partial charge in [-0.3, -0.25) is 9.48 Å². The molecule has 2 N–H and O–H groups in total. The van der Waals surface area contributed by atoms with Gasteiger partial charge in [0.05, 0.1) is 12.4 Å². The standard InChI is InChI=1S/C20H20F2N6O3/c1-28-5-4-16(27-28)26-19(29)13-6-14(8-15(7-13)31-20(21)22)30-18-11-24-17(10-25-18)23-9-12-2-3-12/h4-8,10-12,20H,2-3,9H2,1H3,(H,23,24)(H,26,27,29). The Morgan fingerprint density at radius 3 is 2.65 bits per heavy atom. The summed E-state index contributed by atoms with van der Waals surface area (Å²) in [4.78, 5) is 20.9. The van der Waals surface area contributed by atoms with Crippen molar-refractivity contribution in [2.75, 3.05) is 17.2 Å². The number of aryl methyl sites for hydroxylation is 1. The Morgan fingerprint density at radius 1 is 1.19 bits per heavy atom. The number of aromatic nitrogens is 4. The van der Waals surface area contributed by atoms with Crippen molar-refractivity contribution in [3.8, 4) is 17.4 Å². The molecule has 1 saturated carbocycles. The lowest BCUT2D eigenvalue weighted by Crippen LogP contribution is -2.13. The van der Waals surface area contributed by atoms with Crippen molar-refractivity contribution in [3.63, 3.8) is 0 Å². The van der Waals surface area contributed by atoms with Gasteiger partial charge >= 0.3 is 6.61 Å². The molecule has 3 aromatic rings. The Morgan fingerprint density at radius 2 is 2.00 bits per heavy atom. The SMILES string of the molecule is Cn1ccc(NC(=O)c2cc(Oc3cnc(NCC4CC4)cn3)cc(OC(F)F)c2)n1. The molecule has 1 aliphatic carbocycles. The smallest absolute Gasteiger partial charge is 0.387 e. The lowest BCUT2D eigenvalue weighted by atomic mass is 10.2. The number of benzene rings is 1. The van der Waals surface area contributed by atoms with Gasteiger partial charge in [-0.1, -0.05) is 0 Å². The first-order valence-corrected chi connectivity index (χ1v) is 9.59. The third kappa shape index (κ3) is 5.87. The van der Waals surface area contributed by atoms with E-state index in [0.717, 1.165) is 6.54 Å². The second kappa shape index (κ2) is 8.94. The second-order valence-corrected chi connectivity index (χ2v) is 7.07. The van der Waals surface area contributed by atoms with Crippen LogP contribution in [0.5, 0.6) is 17.4 Å². The zero-order valence-electron chi connectivity index (χ0n) is 16.6. The average molecular weight is 430 g/mol. The predicted octanol–water partition coefficient (Wildman–Crippen LogP) is 3.68. The van der Waals surface area contributed by atoms with E-state index < -0.39 is 12.5 Å². The Hall–Kier alpha value is -3.76. The molecule has 31 heavy (non-hydrogen) atoms. The number of rotatable bonds is 9. The van der Waals surface area contributed by atoms with Gasteiger partial charge in [0.2, 0.25) is 5.88 Å². The van der Waals surface area contributed by atoms with Crippen LogP contribution in [0.2, 0.25) is 0 Å². The van der Waals surface area contributed by atoms with E-state index in [9.17, 15) is 13.6 Å². The molecule has 2 heterocycles. The summed E-state index contributed by atoms with van der Waals surface area (Å²) in [5.41, 5.74) is 0.0504. The molecule has 0 saturated heterocycles. The maximum absolute atomic E-state index is 12.7. The number of carbonyl (C=O) groups is 1. The molecule has 1 aliphatic rings. The van der Waals surface area contributed by atoms with Gasteiger partial charge in [0.25, 0.3) is 5.91 Å². The number of nitrogens with zero attached hydrogens (tertiary/aromatic N) is 4. The van der Waals surface area contributed by atoms with Gasteiger partial charge < -0.3 is 20.1 Å². The maximum atomic E-state index is 12.7. The van der Waals surface area contributed by atoms with Crippen molar-refractivity contribution >= 4 is 17.5 Å². The first kappa shape index (κ1) is 20.5. The zero-order chi connectivity index (χ0) is 21.8. The number of nitrogens with one attached hydrogen (secondary N) is 2. The minimum Gasteiger partial charge on any atom is -0.437 e. The van der Waals surface area contributed by atoms with Crippen molar-refractivity contribution in [1.82, 2.24) is 19.7 Å². The Balaban J connectivity index is 1.49. The number of hydrogen-bond acceptors (Lipinski definition) is 7. The highest BCUT2D eigenvalue weighted by atomic mass is 19.3. The fourth-order valence-electron chi connectivity index (χ4n) is 2.75. The van der Waals surface area contributed by atoms with Crippen LogP contribution in [-0.2, 0) is 7.05 Å². The quantitative estimate of drug-likeness (QED) is 0.534. The monoisotopic (exact) mass is 430 g/mol. The van der Waals surface area contributed by atoms with Crippen molar-refractivity contribution in [2.45, 2.75) is 19.5 Å². The summed E-state index contributed by atoms with van der Waals surface area (Å²) in [6.07, 6.45) is 7.02. The van der Waals surface area contributed by atoms with Crippen LogP contribution in [0.4, 0.5) is 20.4 Å². The number of alkyl halides is 2. The topological polar surface area (TPSA) is 103 Å². The first-order chi connectivity index (χ1) is 14.9. The summed E-state index contributed by atoms with van der Waals surface area (Å²) < 4.78 is 37.1. The van der Waals surface area contributed by atoms with Gasteiger partial charge in [0, 0.05) is 37.5 Å². The normalized spacial score (nSPS) is 13.2. The first-order valence-electron chi connectivity index (χ1n) is 9.59. The third-order valence-electron chi connectivity index (χ3n) is 4.44. The van der Waals surface area contributed by atoms with Crippen molar-refractivity contribution in [2.24, 2.45) is 13.0 Å². The van der Waals surface area contributed by atoms with Crippen LogP contribution in [0.3, 0.4) is 0 Å². The van der Waals surface area contributed by atoms with Gasteiger partial charge in [-0.05, 0) is 30.9 Å². The molecule has 0 spiro atoms.